The predicted octanol–water partition coefficient (Wildman–Crippen LogP) is 1.60. The van der Waals surface area contributed by atoms with E-state index in [0.29, 0.717) is 17.9 Å². The number of ether oxygens (including phenoxy) is 1. The monoisotopic (exact) mass is 508 g/mol. The van der Waals surface area contributed by atoms with Crippen molar-refractivity contribution < 1.29 is 23.9 Å². The highest BCUT2D eigenvalue weighted by molar-refractivity contribution is 8.00. The third kappa shape index (κ3) is 5.73. The first-order chi connectivity index (χ1) is 16.3. The van der Waals surface area contributed by atoms with Gasteiger partial charge in [0.15, 0.2) is 0 Å². The zero-order chi connectivity index (χ0) is 24.8. The van der Waals surface area contributed by atoms with Gasteiger partial charge in [-0.25, -0.2) is 4.79 Å². The van der Waals surface area contributed by atoms with Crippen LogP contribution in [-0.4, -0.2) is 76.9 Å². The second kappa shape index (κ2) is 11.7. The molecule has 3 amide bonds. The molecule has 11 heteroatoms. The molecule has 1 fully saturated rings. The Kier molecular flexibility index (Phi) is 8.98. The van der Waals surface area contributed by atoms with Crippen molar-refractivity contribution in [3.8, 4) is 0 Å². The molecule has 34 heavy (non-hydrogen) atoms. The summed E-state index contributed by atoms with van der Waals surface area (Å²) >= 11 is 7.64. The summed E-state index contributed by atoms with van der Waals surface area (Å²) in [6.07, 6.45) is 0. The van der Waals surface area contributed by atoms with Gasteiger partial charge in [0.05, 0.1) is 5.03 Å². The highest BCUT2D eigenvalue weighted by atomic mass is 35.5. The molecule has 2 N–H and O–H groups in total. The van der Waals surface area contributed by atoms with E-state index in [1.165, 1.54) is 23.6 Å². The zero-order valence-electron chi connectivity index (χ0n) is 19.4. The van der Waals surface area contributed by atoms with E-state index in [9.17, 15) is 19.2 Å². The number of likely N-dealkylation sites (N-methyl/N-ethyl adjacent to an activating group) is 1. The van der Waals surface area contributed by atoms with Crippen molar-refractivity contribution in [3.05, 3.63) is 46.6 Å². The van der Waals surface area contributed by atoms with E-state index in [1.54, 1.807) is 30.3 Å². The number of nitrogens with one attached hydrogen (secondary N) is 2. The summed E-state index contributed by atoms with van der Waals surface area (Å²) in [5, 5.41) is 5.10. The lowest BCUT2D eigenvalue weighted by Crippen LogP contribution is -2.71. The number of β-lactam (4-membered cyclic amide) rings is 1. The fourth-order valence-corrected chi connectivity index (χ4v) is 5.38. The van der Waals surface area contributed by atoms with Crippen LogP contribution < -0.4 is 10.6 Å². The van der Waals surface area contributed by atoms with Crippen LogP contribution in [0.3, 0.4) is 0 Å². The van der Waals surface area contributed by atoms with Gasteiger partial charge in [0.1, 0.15) is 29.8 Å². The van der Waals surface area contributed by atoms with E-state index >= 15 is 0 Å². The molecular weight excluding hydrogens is 480 g/mol. The average Bonchev–Trinajstić information content (AvgIpc) is 2.83. The van der Waals surface area contributed by atoms with Gasteiger partial charge in [-0.3, -0.25) is 19.3 Å². The zero-order valence-corrected chi connectivity index (χ0v) is 20.9. The van der Waals surface area contributed by atoms with Crippen molar-refractivity contribution in [1.29, 1.82) is 0 Å². The number of esters is 1. The number of nitrogens with zero attached hydrogens (tertiary/aromatic N) is 2. The van der Waals surface area contributed by atoms with Crippen LogP contribution in [0.4, 0.5) is 0 Å². The Morgan fingerprint density at radius 3 is 2.53 bits per heavy atom. The maximum atomic E-state index is 13.0. The van der Waals surface area contributed by atoms with Gasteiger partial charge in [0.2, 0.25) is 11.8 Å². The van der Waals surface area contributed by atoms with Crippen LogP contribution in [0, 0.1) is 0 Å². The highest BCUT2D eigenvalue weighted by Gasteiger charge is 2.54. The summed E-state index contributed by atoms with van der Waals surface area (Å²) < 4.78 is 5.38. The molecule has 0 saturated carbocycles. The Morgan fingerprint density at radius 1 is 1.24 bits per heavy atom. The van der Waals surface area contributed by atoms with Crippen LogP contribution in [0.25, 0.3) is 0 Å². The quantitative estimate of drug-likeness (QED) is 0.365. The topological polar surface area (TPSA) is 108 Å². The van der Waals surface area contributed by atoms with Gasteiger partial charge < -0.3 is 20.3 Å². The van der Waals surface area contributed by atoms with Gasteiger partial charge in [-0.1, -0.05) is 55.8 Å². The number of hydrogen-bond acceptors (Lipinski definition) is 7. The van der Waals surface area contributed by atoms with Crippen molar-refractivity contribution in [2.75, 3.05) is 32.0 Å². The summed E-state index contributed by atoms with van der Waals surface area (Å²) in [6, 6.07) is 6.97. The summed E-state index contributed by atoms with van der Waals surface area (Å²) in [6.45, 7) is 7.81. The summed E-state index contributed by atoms with van der Waals surface area (Å²) in [4.78, 5) is 53.7. The lowest BCUT2D eigenvalue weighted by molar-refractivity contribution is -0.153. The number of halogens is 1. The first kappa shape index (κ1) is 26.1. The number of amides is 3. The fourth-order valence-electron chi connectivity index (χ4n) is 3.83. The van der Waals surface area contributed by atoms with E-state index in [1.807, 2.05) is 13.8 Å². The molecule has 1 saturated heterocycles. The number of thioether (sulfide) groups is 1. The first-order valence-corrected chi connectivity index (χ1v) is 12.6. The fraction of sp³-hybridized carbons (Fsp3) is 0.478. The minimum absolute atomic E-state index is 0.0296. The highest BCUT2D eigenvalue weighted by Crippen LogP contribution is 2.41. The molecule has 0 radical (unpaired) electrons. The van der Waals surface area contributed by atoms with Crippen LogP contribution >= 0.6 is 23.4 Å². The Bertz CT molecular complexity index is 969. The number of benzene rings is 1. The minimum Gasteiger partial charge on any atom is -0.460 e. The molecule has 1 aromatic rings. The van der Waals surface area contributed by atoms with Crippen LogP contribution in [0.2, 0.25) is 0 Å². The van der Waals surface area contributed by atoms with Crippen LogP contribution in [-0.2, 0) is 23.9 Å². The van der Waals surface area contributed by atoms with E-state index in [2.05, 4.69) is 15.5 Å². The van der Waals surface area contributed by atoms with Crippen molar-refractivity contribution in [1.82, 2.24) is 20.4 Å². The molecule has 0 aromatic heterocycles. The number of fused-ring (bicyclic) bond motifs is 1. The third-order valence-electron chi connectivity index (χ3n) is 5.69. The SMILES string of the molecule is CCN(CC)CCOC(=O)C1=C(Cl)CSC2C(NC(=O)C(NC(C)=O)c3ccccc3)C(=O)N12. The largest absolute Gasteiger partial charge is 0.460 e. The van der Waals surface area contributed by atoms with Crippen molar-refractivity contribution in [3.63, 3.8) is 0 Å². The Labute approximate surface area is 208 Å². The summed E-state index contributed by atoms with van der Waals surface area (Å²) in [5.41, 5.74) is 0.623. The molecule has 0 bridgehead atoms. The summed E-state index contributed by atoms with van der Waals surface area (Å²) in [7, 11) is 0. The van der Waals surface area contributed by atoms with Gasteiger partial charge >= 0.3 is 5.97 Å². The normalized spacial score (nSPS) is 20.4. The van der Waals surface area contributed by atoms with Gasteiger partial charge in [0.25, 0.3) is 5.91 Å². The molecule has 2 heterocycles. The molecule has 2 aliphatic rings. The molecule has 0 aliphatic carbocycles. The predicted molar refractivity (Wildman–Crippen MR) is 130 cm³/mol. The molecular formula is C23H29ClN4O5S. The van der Waals surface area contributed by atoms with Gasteiger partial charge in [-0.15, -0.1) is 11.8 Å². The molecule has 3 unspecified atom stereocenters. The standard InChI is InChI=1S/C23H29ClN4O5S/c1-4-27(5-2)11-12-33-23(32)19-16(24)13-34-22-18(21(31)28(19)22)26-20(30)17(25-14(3)29)15-9-7-6-8-10-15/h6-10,17-18,22H,4-5,11-13H2,1-3H3,(H,25,29)(H,26,30). The number of carbonyl (C=O) groups is 4. The van der Waals surface area contributed by atoms with E-state index in [0.717, 1.165) is 13.1 Å². The Hall–Kier alpha value is -2.56. The maximum Gasteiger partial charge on any atom is 0.356 e. The van der Waals surface area contributed by atoms with E-state index < -0.39 is 35.2 Å². The summed E-state index contributed by atoms with van der Waals surface area (Å²) in [5.74, 6) is -1.67. The van der Waals surface area contributed by atoms with Crippen LogP contribution in [0.15, 0.2) is 41.1 Å². The van der Waals surface area contributed by atoms with Gasteiger partial charge in [0, 0.05) is 19.2 Å². The van der Waals surface area contributed by atoms with Gasteiger partial charge in [-0.2, -0.15) is 0 Å². The number of carbonyl (C=O) groups excluding carboxylic acids is 4. The molecule has 0 spiro atoms. The maximum absolute atomic E-state index is 13.0. The molecule has 184 valence electrons. The molecule has 3 rings (SSSR count). The third-order valence-corrected chi connectivity index (χ3v) is 7.44. The Balaban J connectivity index is 1.67. The van der Waals surface area contributed by atoms with Crippen molar-refractivity contribution >= 4 is 47.1 Å². The molecule has 1 aromatic carbocycles. The number of rotatable bonds is 10. The lowest BCUT2D eigenvalue weighted by Gasteiger charge is -2.49. The lowest BCUT2D eigenvalue weighted by atomic mass is 10.0. The van der Waals surface area contributed by atoms with E-state index in [4.69, 9.17) is 16.3 Å². The van der Waals surface area contributed by atoms with Crippen molar-refractivity contribution in [2.45, 2.75) is 38.2 Å². The van der Waals surface area contributed by atoms with Crippen molar-refractivity contribution in [2.24, 2.45) is 0 Å². The number of hydrogen-bond donors (Lipinski definition) is 2. The van der Waals surface area contributed by atoms with Gasteiger partial charge in [-0.05, 0) is 18.7 Å². The average molecular weight is 509 g/mol. The second-order valence-corrected chi connectivity index (χ2v) is 9.42. The van der Waals surface area contributed by atoms with Crippen LogP contribution in [0.1, 0.15) is 32.4 Å². The molecule has 3 atom stereocenters. The van der Waals surface area contributed by atoms with Crippen LogP contribution in [0.5, 0.6) is 0 Å². The Morgan fingerprint density at radius 2 is 1.91 bits per heavy atom. The first-order valence-electron chi connectivity index (χ1n) is 11.1. The minimum atomic E-state index is -0.946. The van der Waals surface area contributed by atoms with E-state index in [-0.39, 0.29) is 23.2 Å². The smallest absolute Gasteiger partial charge is 0.356 e. The second-order valence-electron chi connectivity index (χ2n) is 7.86. The molecule has 2 aliphatic heterocycles. The molecule has 9 nitrogen and oxygen atoms in total.